The third kappa shape index (κ3) is 3.97. The molecule has 0 spiro atoms. The number of ether oxygens (including phenoxy) is 1. The molecule has 4 heteroatoms. The molecule has 0 heterocycles. The van der Waals surface area contributed by atoms with E-state index in [1.807, 2.05) is 42.5 Å². The maximum atomic E-state index is 11.2. The highest BCUT2D eigenvalue weighted by Gasteiger charge is 2.11. The van der Waals surface area contributed by atoms with Crippen LogP contribution in [0.2, 0.25) is 10.0 Å². The molecule has 0 saturated heterocycles. The van der Waals surface area contributed by atoms with Gasteiger partial charge in [-0.15, -0.1) is 0 Å². The molecule has 2 aromatic rings. The number of esters is 1. The van der Waals surface area contributed by atoms with E-state index < -0.39 is 5.97 Å². The molecule has 0 atom stereocenters. The van der Waals surface area contributed by atoms with Crippen LogP contribution in [0.3, 0.4) is 0 Å². The van der Waals surface area contributed by atoms with Crippen molar-refractivity contribution in [1.82, 2.24) is 0 Å². The number of hydrogen-bond donors (Lipinski definition) is 0. The summed E-state index contributed by atoms with van der Waals surface area (Å²) in [5, 5.41) is 0.528. The molecule has 0 amide bonds. The Balaban J connectivity index is 2.26. The standard InChI is InChI=1S/C17H12Cl2O2/c1-2-15(20)21-14-11-10-13(16(18)17(14)19)9-8-12-6-4-3-5-7-12/h2-11H,1H2. The second kappa shape index (κ2) is 7.11. The van der Waals surface area contributed by atoms with Crippen LogP contribution >= 0.6 is 23.2 Å². The van der Waals surface area contributed by atoms with Crippen LogP contribution in [-0.2, 0) is 4.79 Å². The zero-order valence-electron chi connectivity index (χ0n) is 11.1. The Bertz CT molecular complexity index is 691. The molecule has 21 heavy (non-hydrogen) atoms. The lowest BCUT2D eigenvalue weighted by Gasteiger charge is -2.07. The van der Waals surface area contributed by atoms with Crippen LogP contribution in [-0.4, -0.2) is 5.97 Å². The van der Waals surface area contributed by atoms with Crippen LogP contribution < -0.4 is 4.74 Å². The molecular weight excluding hydrogens is 307 g/mol. The quantitative estimate of drug-likeness (QED) is 0.333. The molecule has 0 unspecified atom stereocenters. The molecule has 0 aromatic heterocycles. The van der Waals surface area contributed by atoms with Gasteiger partial charge in [0, 0.05) is 6.08 Å². The first-order valence-electron chi connectivity index (χ1n) is 6.17. The number of halogens is 2. The minimum atomic E-state index is -0.583. The van der Waals surface area contributed by atoms with Crippen LogP contribution in [0.1, 0.15) is 11.1 Å². The number of carbonyl (C=O) groups excluding carboxylic acids is 1. The fourth-order valence-corrected chi connectivity index (χ4v) is 2.08. The van der Waals surface area contributed by atoms with Gasteiger partial charge in [0.15, 0.2) is 5.75 Å². The molecule has 0 aliphatic rings. The van der Waals surface area contributed by atoms with Gasteiger partial charge in [-0.05, 0) is 23.3 Å². The summed E-state index contributed by atoms with van der Waals surface area (Å²) in [4.78, 5) is 11.2. The third-order valence-corrected chi connectivity index (χ3v) is 3.59. The first-order valence-corrected chi connectivity index (χ1v) is 6.93. The normalized spacial score (nSPS) is 10.6. The van der Waals surface area contributed by atoms with E-state index in [2.05, 4.69) is 6.58 Å². The smallest absolute Gasteiger partial charge is 0.335 e. The number of benzene rings is 2. The maximum absolute atomic E-state index is 11.2. The van der Waals surface area contributed by atoms with E-state index >= 15 is 0 Å². The Kier molecular flexibility index (Phi) is 5.20. The Hall–Kier alpha value is -2.03. The lowest BCUT2D eigenvalue weighted by atomic mass is 10.1. The van der Waals surface area contributed by atoms with Gasteiger partial charge in [-0.2, -0.15) is 0 Å². The molecule has 0 fully saturated rings. The zero-order chi connectivity index (χ0) is 15.2. The molecule has 0 aliphatic heterocycles. The topological polar surface area (TPSA) is 26.3 Å². The summed E-state index contributed by atoms with van der Waals surface area (Å²) in [6.07, 6.45) is 4.84. The molecular formula is C17H12Cl2O2. The Morgan fingerprint density at radius 1 is 1.00 bits per heavy atom. The first kappa shape index (κ1) is 15.4. The van der Waals surface area contributed by atoms with Crippen LogP contribution in [0, 0.1) is 0 Å². The van der Waals surface area contributed by atoms with E-state index in [4.69, 9.17) is 27.9 Å². The van der Waals surface area contributed by atoms with Crippen LogP contribution in [0.4, 0.5) is 0 Å². The zero-order valence-corrected chi connectivity index (χ0v) is 12.6. The second-order valence-electron chi connectivity index (χ2n) is 4.15. The van der Waals surface area contributed by atoms with E-state index in [9.17, 15) is 4.79 Å². The molecule has 2 rings (SSSR count). The van der Waals surface area contributed by atoms with Crippen molar-refractivity contribution in [2.75, 3.05) is 0 Å². The van der Waals surface area contributed by atoms with Crippen molar-refractivity contribution < 1.29 is 9.53 Å². The lowest BCUT2D eigenvalue weighted by Crippen LogP contribution is -2.03. The van der Waals surface area contributed by atoms with E-state index in [-0.39, 0.29) is 10.8 Å². The van der Waals surface area contributed by atoms with Crippen molar-refractivity contribution in [3.05, 3.63) is 76.3 Å². The number of carbonyl (C=O) groups is 1. The Labute approximate surface area is 133 Å². The summed E-state index contributed by atoms with van der Waals surface area (Å²) < 4.78 is 5.00. The average Bonchev–Trinajstić information content (AvgIpc) is 2.52. The van der Waals surface area contributed by atoms with Gasteiger partial charge in [0.05, 0.1) is 5.02 Å². The third-order valence-electron chi connectivity index (χ3n) is 2.71. The van der Waals surface area contributed by atoms with Crippen molar-refractivity contribution in [2.24, 2.45) is 0 Å². The summed E-state index contributed by atoms with van der Waals surface area (Å²) in [5.41, 5.74) is 1.79. The fraction of sp³-hybridized carbons (Fsp3) is 0. The summed E-state index contributed by atoms with van der Waals surface area (Å²) in [6, 6.07) is 13.1. The first-order chi connectivity index (χ1) is 10.1. The summed E-state index contributed by atoms with van der Waals surface area (Å²) >= 11 is 12.3. The molecule has 0 bridgehead atoms. The number of hydrogen-bond acceptors (Lipinski definition) is 2. The van der Waals surface area contributed by atoms with Crippen LogP contribution in [0.15, 0.2) is 55.1 Å². The van der Waals surface area contributed by atoms with Crippen molar-refractivity contribution in [3.63, 3.8) is 0 Å². The van der Waals surface area contributed by atoms with E-state index in [1.54, 1.807) is 12.1 Å². The van der Waals surface area contributed by atoms with Crippen molar-refractivity contribution in [1.29, 1.82) is 0 Å². The number of rotatable bonds is 4. The predicted octanol–water partition coefficient (Wildman–Crippen LogP) is 5.26. The van der Waals surface area contributed by atoms with Gasteiger partial charge in [-0.1, -0.05) is 72.3 Å². The van der Waals surface area contributed by atoms with Gasteiger partial charge in [-0.3, -0.25) is 0 Å². The summed E-state index contributed by atoms with van der Waals surface area (Å²) in [5.74, 6) is -0.371. The Morgan fingerprint density at radius 3 is 2.38 bits per heavy atom. The molecule has 0 aliphatic carbocycles. The van der Waals surface area contributed by atoms with Gasteiger partial charge in [0.2, 0.25) is 0 Å². The largest absolute Gasteiger partial charge is 0.422 e. The van der Waals surface area contributed by atoms with Gasteiger partial charge in [0.25, 0.3) is 0 Å². The van der Waals surface area contributed by atoms with Crippen LogP contribution in [0.25, 0.3) is 12.2 Å². The highest BCUT2D eigenvalue weighted by Crippen LogP contribution is 2.35. The van der Waals surface area contributed by atoms with Crippen molar-refractivity contribution >= 4 is 41.3 Å². The highest BCUT2D eigenvalue weighted by molar-refractivity contribution is 6.44. The van der Waals surface area contributed by atoms with Gasteiger partial charge in [0.1, 0.15) is 5.02 Å². The van der Waals surface area contributed by atoms with E-state index in [1.165, 1.54) is 0 Å². The van der Waals surface area contributed by atoms with Crippen molar-refractivity contribution in [3.8, 4) is 5.75 Å². The van der Waals surface area contributed by atoms with E-state index in [0.717, 1.165) is 17.2 Å². The SMILES string of the molecule is C=CC(=O)Oc1ccc(C=Cc2ccccc2)c(Cl)c1Cl. The predicted molar refractivity (Wildman–Crippen MR) is 87.7 cm³/mol. The molecule has 0 radical (unpaired) electrons. The molecule has 0 saturated carbocycles. The maximum Gasteiger partial charge on any atom is 0.335 e. The second-order valence-corrected chi connectivity index (χ2v) is 4.91. The summed E-state index contributed by atoms with van der Waals surface area (Å²) in [6.45, 7) is 3.33. The van der Waals surface area contributed by atoms with E-state index in [0.29, 0.717) is 5.02 Å². The monoisotopic (exact) mass is 318 g/mol. The molecule has 0 N–H and O–H groups in total. The Morgan fingerprint density at radius 2 is 1.71 bits per heavy atom. The average molecular weight is 319 g/mol. The van der Waals surface area contributed by atoms with Crippen LogP contribution in [0.5, 0.6) is 5.75 Å². The molecule has 2 aromatic carbocycles. The molecule has 106 valence electrons. The van der Waals surface area contributed by atoms with Crippen molar-refractivity contribution in [2.45, 2.75) is 0 Å². The fourth-order valence-electron chi connectivity index (χ4n) is 1.65. The summed E-state index contributed by atoms with van der Waals surface area (Å²) in [7, 11) is 0. The lowest BCUT2D eigenvalue weighted by molar-refractivity contribution is -0.128. The minimum Gasteiger partial charge on any atom is -0.422 e. The highest BCUT2D eigenvalue weighted by atomic mass is 35.5. The minimum absolute atomic E-state index is 0.196. The molecule has 2 nitrogen and oxygen atoms in total. The van der Waals surface area contributed by atoms with Gasteiger partial charge in [-0.25, -0.2) is 4.79 Å². The van der Waals surface area contributed by atoms with Gasteiger partial charge >= 0.3 is 5.97 Å². The van der Waals surface area contributed by atoms with Gasteiger partial charge < -0.3 is 4.74 Å².